The fourth-order valence-electron chi connectivity index (χ4n) is 2.22. The van der Waals surface area contributed by atoms with Crippen LogP contribution in [-0.4, -0.2) is 26.2 Å². The molecule has 7 nitrogen and oxygen atoms in total. The van der Waals surface area contributed by atoms with Gasteiger partial charge in [-0.1, -0.05) is 53.7 Å². The van der Waals surface area contributed by atoms with Crippen LogP contribution in [0.3, 0.4) is 0 Å². The van der Waals surface area contributed by atoms with Crippen molar-refractivity contribution in [2.45, 2.75) is 32.7 Å². The van der Waals surface area contributed by atoms with Crippen LogP contribution < -0.4 is 5.32 Å². The van der Waals surface area contributed by atoms with Gasteiger partial charge in [0.1, 0.15) is 11.0 Å². The van der Waals surface area contributed by atoms with Crippen LogP contribution in [0, 0.1) is 6.92 Å². The summed E-state index contributed by atoms with van der Waals surface area (Å²) in [5.41, 5.74) is 0.871. The molecular weight excluding hydrogens is 326 g/mol. The van der Waals surface area contributed by atoms with Crippen molar-refractivity contribution in [3.63, 3.8) is 0 Å². The molecule has 1 aromatic carbocycles. The van der Waals surface area contributed by atoms with Crippen molar-refractivity contribution in [2.75, 3.05) is 0 Å². The van der Waals surface area contributed by atoms with E-state index in [2.05, 4.69) is 25.7 Å². The second-order valence-electron chi connectivity index (χ2n) is 5.24. The topological polar surface area (TPSA) is 93.8 Å². The summed E-state index contributed by atoms with van der Waals surface area (Å²) in [5, 5.41) is 15.8. The highest BCUT2D eigenvalue weighted by Crippen LogP contribution is 2.21. The van der Waals surface area contributed by atoms with Gasteiger partial charge >= 0.3 is 0 Å². The van der Waals surface area contributed by atoms with E-state index in [4.69, 9.17) is 4.52 Å². The van der Waals surface area contributed by atoms with Crippen LogP contribution in [0.1, 0.15) is 51.5 Å². The number of nitrogens with one attached hydrogen (secondary N) is 1. The highest BCUT2D eigenvalue weighted by molar-refractivity contribution is 7.13. The summed E-state index contributed by atoms with van der Waals surface area (Å²) in [6, 6.07) is 9.03. The van der Waals surface area contributed by atoms with Crippen molar-refractivity contribution < 1.29 is 9.32 Å². The van der Waals surface area contributed by atoms with Crippen LogP contribution in [0.4, 0.5) is 0 Å². The molecule has 0 aliphatic carbocycles. The third-order valence-corrected chi connectivity index (χ3v) is 4.17. The summed E-state index contributed by atoms with van der Waals surface area (Å²) < 4.78 is 5.26. The van der Waals surface area contributed by atoms with Gasteiger partial charge in [-0.2, -0.15) is 4.98 Å². The minimum Gasteiger partial charge on any atom is -0.339 e. The highest BCUT2D eigenvalue weighted by Gasteiger charge is 2.24. The zero-order valence-electron chi connectivity index (χ0n) is 13.4. The molecule has 0 aliphatic heterocycles. The van der Waals surface area contributed by atoms with E-state index in [1.807, 2.05) is 37.3 Å². The van der Waals surface area contributed by atoms with Gasteiger partial charge in [0, 0.05) is 6.42 Å². The molecule has 3 aromatic rings. The van der Waals surface area contributed by atoms with Crippen LogP contribution in [0.25, 0.3) is 0 Å². The quantitative estimate of drug-likeness (QED) is 0.739. The molecule has 3 rings (SSSR count). The Bertz CT molecular complexity index is 815. The summed E-state index contributed by atoms with van der Waals surface area (Å²) in [7, 11) is 0. The maximum atomic E-state index is 12.5. The van der Waals surface area contributed by atoms with Crippen LogP contribution in [0.15, 0.2) is 34.9 Å². The number of hydrogen-bond donors (Lipinski definition) is 1. The first-order chi connectivity index (χ1) is 11.7. The van der Waals surface area contributed by atoms with Gasteiger partial charge in [-0.3, -0.25) is 4.79 Å². The van der Waals surface area contributed by atoms with Crippen molar-refractivity contribution in [3.05, 3.63) is 57.6 Å². The molecule has 124 valence electrons. The molecule has 0 saturated carbocycles. The molecule has 0 saturated heterocycles. The Morgan fingerprint density at radius 3 is 2.75 bits per heavy atom. The molecule has 0 fully saturated rings. The predicted molar refractivity (Wildman–Crippen MR) is 88.7 cm³/mol. The monoisotopic (exact) mass is 343 g/mol. The van der Waals surface area contributed by atoms with Crippen LogP contribution >= 0.6 is 11.3 Å². The lowest BCUT2D eigenvalue weighted by atomic mass is 10.1. The number of amides is 1. The number of nitrogens with zero attached hydrogens (tertiary/aromatic N) is 4. The van der Waals surface area contributed by atoms with Gasteiger partial charge < -0.3 is 9.84 Å². The van der Waals surface area contributed by atoms with E-state index in [0.717, 1.165) is 17.0 Å². The summed E-state index contributed by atoms with van der Waals surface area (Å²) >= 11 is 1.24. The van der Waals surface area contributed by atoms with Gasteiger partial charge in [0.05, 0.1) is 0 Å². The molecular formula is C16H17N5O2S. The molecule has 0 spiro atoms. The first-order valence-electron chi connectivity index (χ1n) is 7.65. The lowest BCUT2D eigenvalue weighted by molar-refractivity contribution is 0.0940. The van der Waals surface area contributed by atoms with E-state index in [0.29, 0.717) is 23.1 Å². The van der Waals surface area contributed by atoms with Gasteiger partial charge in [0.15, 0.2) is 5.82 Å². The van der Waals surface area contributed by atoms with E-state index < -0.39 is 6.04 Å². The minimum absolute atomic E-state index is 0.309. The number of benzene rings is 1. The largest absolute Gasteiger partial charge is 0.339 e. The average Bonchev–Trinajstić information content (AvgIpc) is 3.23. The zero-order chi connectivity index (χ0) is 16.9. The molecule has 1 N–H and O–H groups in total. The Morgan fingerprint density at radius 1 is 1.29 bits per heavy atom. The first-order valence-corrected chi connectivity index (χ1v) is 8.47. The van der Waals surface area contributed by atoms with Crippen molar-refractivity contribution >= 4 is 17.2 Å². The lowest BCUT2D eigenvalue weighted by Crippen LogP contribution is -2.30. The standard InChI is InChI=1S/C16H17N5O2S/c1-3-7-12-17-14(21-23-12)13(11-8-5-4-6-9-11)18-15(22)16-20-19-10(2)24-16/h4-6,8-9,13H,3,7H2,1-2H3,(H,18,22)/t13-/m1/s1. The molecule has 2 heterocycles. The van der Waals surface area contributed by atoms with E-state index in [1.165, 1.54) is 11.3 Å². The maximum absolute atomic E-state index is 12.5. The van der Waals surface area contributed by atoms with Crippen LogP contribution in [0.2, 0.25) is 0 Å². The molecule has 1 amide bonds. The molecule has 0 aliphatic rings. The molecule has 1 atom stereocenters. The van der Waals surface area contributed by atoms with Gasteiger partial charge in [0.2, 0.25) is 10.9 Å². The minimum atomic E-state index is -0.503. The van der Waals surface area contributed by atoms with Gasteiger partial charge in [-0.25, -0.2) is 0 Å². The first kappa shape index (κ1) is 16.3. The summed E-state index contributed by atoms with van der Waals surface area (Å²) in [4.78, 5) is 16.9. The number of aromatic nitrogens is 4. The van der Waals surface area contributed by atoms with Crippen LogP contribution in [-0.2, 0) is 6.42 Å². The molecule has 0 radical (unpaired) electrons. The smallest absolute Gasteiger partial charge is 0.283 e. The SMILES string of the molecule is CCCc1nc([C@H](NC(=O)c2nnc(C)s2)c2ccccc2)no1. The molecule has 24 heavy (non-hydrogen) atoms. The normalized spacial score (nSPS) is 12.1. The van der Waals surface area contributed by atoms with Crippen molar-refractivity contribution in [2.24, 2.45) is 0 Å². The Kier molecular flexibility index (Phi) is 4.95. The van der Waals surface area contributed by atoms with Crippen molar-refractivity contribution in [1.82, 2.24) is 25.7 Å². The highest BCUT2D eigenvalue weighted by atomic mass is 32.1. The number of aryl methyl sites for hydroxylation is 2. The van der Waals surface area contributed by atoms with Gasteiger partial charge in [-0.05, 0) is 18.9 Å². The third-order valence-electron chi connectivity index (χ3n) is 3.33. The summed E-state index contributed by atoms with van der Waals surface area (Å²) in [6.45, 7) is 3.84. The fraction of sp³-hybridized carbons (Fsp3) is 0.312. The lowest BCUT2D eigenvalue weighted by Gasteiger charge is -2.14. The molecule has 8 heteroatoms. The Hall–Kier alpha value is -2.61. The second kappa shape index (κ2) is 7.31. The van der Waals surface area contributed by atoms with Crippen molar-refractivity contribution in [1.29, 1.82) is 0 Å². The van der Waals surface area contributed by atoms with E-state index in [-0.39, 0.29) is 5.91 Å². The number of hydrogen-bond acceptors (Lipinski definition) is 7. The van der Waals surface area contributed by atoms with Gasteiger partial charge in [-0.15, -0.1) is 10.2 Å². The number of carbonyl (C=O) groups excluding carboxylic acids is 1. The van der Waals surface area contributed by atoms with E-state index in [1.54, 1.807) is 6.92 Å². The number of carbonyl (C=O) groups is 1. The molecule has 0 unspecified atom stereocenters. The van der Waals surface area contributed by atoms with E-state index in [9.17, 15) is 4.79 Å². The molecule has 2 aromatic heterocycles. The Morgan fingerprint density at radius 2 is 2.08 bits per heavy atom. The third kappa shape index (κ3) is 3.65. The predicted octanol–water partition coefficient (Wildman–Crippen LogP) is 2.70. The average molecular weight is 343 g/mol. The van der Waals surface area contributed by atoms with E-state index >= 15 is 0 Å². The van der Waals surface area contributed by atoms with Crippen molar-refractivity contribution in [3.8, 4) is 0 Å². The maximum Gasteiger partial charge on any atom is 0.283 e. The summed E-state index contributed by atoms with van der Waals surface area (Å²) in [6.07, 6.45) is 1.62. The second-order valence-corrected chi connectivity index (χ2v) is 6.42. The van der Waals surface area contributed by atoms with Crippen LogP contribution in [0.5, 0.6) is 0 Å². The summed E-state index contributed by atoms with van der Waals surface area (Å²) in [5.74, 6) is 0.685. The zero-order valence-corrected chi connectivity index (χ0v) is 14.2. The van der Waals surface area contributed by atoms with Gasteiger partial charge in [0.25, 0.3) is 5.91 Å². The Labute approximate surface area is 143 Å². The number of rotatable bonds is 6. The fourth-order valence-corrected chi connectivity index (χ4v) is 2.82. The molecule has 0 bridgehead atoms. The Balaban J connectivity index is 1.88.